The number of carbonyl (C=O) groups is 2. The van der Waals surface area contributed by atoms with E-state index in [-0.39, 0.29) is 17.1 Å². The van der Waals surface area contributed by atoms with Crippen LogP contribution in [0.25, 0.3) is 17.1 Å². The Bertz CT molecular complexity index is 1210. The van der Waals surface area contributed by atoms with E-state index < -0.39 is 11.8 Å². The fourth-order valence-electron chi connectivity index (χ4n) is 2.83. The van der Waals surface area contributed by atoms with Crippen LogP contribution in [0.2, 0.25) is 5.02 Å². The third-order valence-corrected chi connectivity index (χ3v) is 4.42. The lowest BCUT2D eigenvalue weighted by Gasteiger charge is -2.06. The fraction of sp³-hybridized carbons (Fsp3) is 0.0526. The molecule has 0 bridgehead atoms. The lowest BCUT2D eigenvalue weighted by atomic mass is 10.2. The van der Waals surface area contributed by atoms with Crippen molar-refractivity contribution in [3.63, 3.8) is 0 Å². The first-order valence-corrected chi connectivity index (χ1v) is 8.88. The maximum Gasteiger partial charge on any atom is 0.276 e. The number of furan rings is 1. The summed E-state index contributed by atoms with van der Waals surface area (Å²) in [6.07, 6.45) is 1.53. The monoisotopic (exact) mass is 410 g/mol. The summed E-state index contributed by atoms with van der Waals surface area (Å²) in [6, 6.07) is 12.1. The summed E-state index contributed by atoms with van der Waals surface area (Å²) < 4.78 is 7.03. The quantitative estimate of drug-likeness (QED) is 0.465. The number of rotatable bonds is 5. The van der Waals surface area contributed by atoms with Crippen LogP contribution in [0.5, 0.6) is 0 Å². The number of nitrogens with two attached hydrogens (primary N) is 1. The average Bonchev–Trinajstić information content (AvgIpc) is 3.41. The van der Waals surface area contributed by atoms with Crippen molar-refractivity contribution in [2.24, 2.45) is 5.73 Å². The Morgan fingerprint density at radius 1 is 1.24 bits per heavy atom. The van der Waals surface area contributed by atoms with Crippen molar-refractivity contribution < 1.29 is 14.0 Å². The van der Waals surface area contributed by atoms with Gasteiger partial charge in [-0.15, -0.1) is 0 Å². The molecule has 4 rings (SSSR count). The number of benzene rings is 1. The Morgan fingerprint density at radius 2 is 2.07 bits per heavy atom. The summed E-state index contributed by atoms with van der Waals surface area (Å²) in [6.45, 7) is 1.66. The Balaban J connectivity index is 1.75. The Hall–Kier alpha value is -3.85. The van der Waals surface area contributed by atoms with Crippen LogP contribution >= 0.6 is 11.6 Å². The second-order valence-corrected chi connectivity index (χ2v) is 6.61. The van der Waals surface area contributed by atoms with E-state index in [2.05, 4.69) is 20.6 Å². The minimum atomic E-state index is -0.759. The van der Waals surface area contributed by atoms with Gasteiger partial charge in [-0.05, 0) is 37.3 Å². The molecule has 4 aromatic rings. The van der Waals surface area contributed by atoms with Crippen LogP contribution in [0.1, 0.15) is 26.7 Å². The third kappa shape index (κ3) is 3.50. The number of aromatic nitrogens is 4. The second kappa shape index (κ2) is 7.28. The molecule has 0 saturated heterocycles. The molecule has 0 spiro atoms. The Labute approximate surface area is 169 Å². The number of hydrogen-bond donors (Lipinski definition) is 3. The van der Waals surface area contributed by atoms with Crippen molar-refractivity contribution in [1.29, 1.82) is 0 Å². The summed E-state index contributed by atoms with van der Waals surface area (Å²) in [5.41, 5.74) is 7.26. The van der Waals surface area contributed by atoms with Crippen molar-refractivity contribution in [2.75, 3.05) is 5.32 Å². The summed E-state index contributed by atoms with van der Waals surface area (Å²) >= 11 is 6.10. The first-order chi connectivity index (χ1) is 13.9. The highest BCUT2D eigenvalue weighted by Gasteiger charge is 2.22. The van der Waals surface area contributed by atoms with Gasteiger partial charge in [-0.2, -0.15) is 10.2 Å². The number of aromatic amines is 1. The molecule has 4 N–H and O–H groups in total. The van der Waals surface area contributed by atoms with Crippen LogP contribution in [0.15, 0.2) is 53.1 Å². The minimum absolute atomic E-state index is 0.0589. The lowest BCUT2D eigenvalue weighted by molar-refractivity contribution is 0.0996. The molecule has 0 saturated carbocycles. The molecule has 0 fully saturated rings. The van der Waals surface area contributed by atoms with Gasteiger partial charge in [0.15, 0.2) is 17.1 Å². The molecule has 3 aromatic heterocycles. The highest BCUT2D eigenvalue weighted by Crippen LogP contribution is 2.26. The number of nitrogens with zero attached hydrogens (tertiary/aromatic N) is 3. The van der Waals surface area contributed by atoms with Crippen molar-refractivity contribution in [3.8, 4) is 17.1 Å². The van der Waals surface area contributed by atoms with Crippen molar-refractivity contribution >= 4 is 29.1 Å². The van der Waals surface area contributed by atoms with Gasteiger partial charge in [0.25, 0.3) is 11.8 Å². The third-order valence-electron chi connectivity index (χ3n) is 4.19. The molecule has 29 heavy (non-hydrogen) atoms. The van der Waals surface area contributed by atoms with Crippen LogP contribution in [0, 0.1) is 6.92 Å². The van der Waals surface area contributed by atoms with Gasteiger partial charge in [0.1, 0.15) is 5.69 Å². The summed E-state index contributed by atoms with van der Waals surface area (Å²) in [5, 5.41) is 14.0. The lowest BCUT2D eigenvalue weighted by Crippen LogP contribution is -2.18. The van der Waals surface area contributed by atoms with Crippen molar-refractivity contribution in [3.05, 3.63) is 70.8 Å². The highest BCUT2D eigenvalue weighted by atomic mass is 35.5. The van der Waals surface area contributed by atoms with Gasteiger partial charge in [0, 0.05) is 11.1 Å². The van der Waals surface area contributed by atoms with Gasteiger partial charge in [0.2, 0.25) is 0 Å². The predicted octanol–water partition coefficient (Wildman–Crippen LogP) is 3.17. The first-order valence-electron chi connectivity index (χ1n) is 8.50. The van der Waals surface area contributed by atoms with Gasteiger partial charge in [-0.1, -0.05) is 17.7 Å². The average molecular weight is 411 g/mol. The molecule has 146 valence electrons. The highest BCUT2D eigenvalue weighted by molar-refractivity contribution is 6.30. The number of primary amides is 1. The Kier molecular flexibility index (Phi) is 4.65. The van der Waals surface area contributed by atoms with Crippen LogP contribution in [0.3, 0.4) is 0 Å². The van der Waals surface area contributed by atoms with Crippen molar-refractivity contribution in [2.45, 2.75) is 6.92 Å². The van der Waals surface area contributed by atoms with Crippen LogP contribution < -0.4 is 11.1 Å². The molecule has 0 atom stereocenters. The van der Waals surface area contributed by atoms with Gasteiger partial charge in [-0.25, -0.2) is 4.68 Å². The maximum atomic E-state index is 12.8. The van der Waals surface area contributed by atoms with E-state index in [9.17, 15) is 9.59 Å². The molecule has 0 aliphatic rings. The van der Waals surface area contributed by atoms with E-state index in [1.54, 1.807) is 54.1 Å². The Morgan fingerprint density at radius 3 is 2.76 bits per heavy atom. The minimum Gasteiger partial charge on any atom is -0.463 e. The number of carbonyl (C=O) groups excluding carboxylic acids is 2. The molecule has 0 aliphatic carbocycles. The van der Waals surface area contributed by atoms with Crippen LogP contribution in [-0.4, -0.2) is 31.8 Å². The number of nitrogens with one attached hydrogen (secondary N) is 2. The second-order valence-electron chi connectivity index (χ2n) is 6.17. The zero-order valence-electron chi connectivity index (χ0n) is 15.1. The molecule has 2 amide bonds. The number of halogens is 1. The number of amides is 2. The SMILES string of the molecule is Cc1[nH]nc(C(N)=O)c1NC(=O)c1cc(-c2ccco2)n(-c2cccc(Cl)c2)n1. The summed E-state index contributed by atoms with van der Waals surface area (Å²) in [5.74, 6) is -0.773. The largest absolute Gasteiger partial charge is 0.463 e. The molecule has 10 heteroatoms. The number of H-pyrrole nitrogens is 1. The normalized spacial score (nSPS) is 10.8. The summed E-state index contributed by atoms with van der Waals surface area (Å²) in [7, 11) is 0. The zero-order chi connectivity index (χ0) is 20.5. The van der Waals surface area contributed by atoms with E-state index in [1.165, 1.54) is 6.26 Å². The van der Waals surface area contributed by atoms with Crippen LogP contribution in [0.4, 0.5) is 5.69 Å². The number of hydrogen-bond acceptors (Lipinski definition) is 5. The topological polar surface area (TPSA) is 132 Å². The molecular weight excluding hydrogens is 396 g/mol. The molecular formula is C19H15ClN6O3. The van der Waals surface area contributed by atoms with Gasteiger partial charge < -0.3 is 15.5 Å². The van der Waals surface area contributed by atoms with Gasteiger partial charge in [0.05, 0.1) is 23.3 Å². The fourth-order valence-corrected chi connectivity index (χ4v) is 3.02. The smallest absolute Gasteiger partial charge is 0.276 e. The predicted molar refractivity (Wildman–Crippen MR) is 106 cm³/mol. The molecule has 0 radical (unpaired) electrons. The number of aryl methyl sites for hydroxylation is 1. The first kappa shape index (κ1) is 18.5. The van der Waals surface area contributed by atoms with Gasteiger partial charge >= 0.3 is 0 Å². The van der Waals surface area contributed by atoms with E-state index in [0.29, 0.717) is 27.9 Å². The maximum absolute atomic E-state index is 12.8. The molecule has 9 nitrogen and oxygen atoms in total. The van der Waals surface area contributed by atoms with Gasteiger partial charge in [-0.3, -0.25) is 14.7 Å². The molecule has 1 aromatic carbocycles. The van der Waals surface area contributed by atoms with E-state index in [4.69, 9.17) is 21.8 Å². The molecule has 3 heterocycles. The molecule has 0 unspecified atom stereocenters. The van der Waals surface area contributed by atoms with Crippen LogP contribution in [-0.2, 0) is 0 Å². The van der Waals surface area contributed by atoms with Crippen molar-refractivity contribution in [1.82, 2.24) is 20.0 Å². The van der Waals surface area contributed by atoms with E-state index >= 15 is 0 Å². The van der Waals surface area contributed by atoms with E-state index in [0.717, 1.165) is 0 Å². The zero-order valence-corrected chi connectivity index (χ0v) is 15.9. The summed E-state index contributed by atoms with van der Waals surface area (Å²) in [4.78, 5) is 24.4. The molecule has 0 aliphatic heterocycles. The number of anilines is 1. The standard InChI is InChI=1S/C19H15ClN6O3/c1-10-16(17(18(21)27)24-23-10)22-19(28)13-9-14(15-6-3-7-29-15)26(25-13)12-5-2-4-11(20)8-12/h2-9H,1H3,(H2,21,27)(H,22,28)(H,23,24). The van der Waals surface area contributed by atoms with E-state index in [1.807, 2.05) is 0 Å².